The molecule has 3 rings (SSSR count). The molecule has 1 saturated heterocycles. The third-order valence-electron chi connectivity index (χ3n) is 5.07. The molecule has 9 heteroatoms. The van der Waals surface area contributed by atoms with E-state index in [1.165, 1.54) is 12.1 Å². The number of nitrogens with one attached hydrogen (secondary N) is 2. The summed E-state index contributed by atoms with van der Waals surface area (Å²) in [5, 5.41) is 5.00. The van der Waals surface area contributed by atoms with E-state index in [2.05, 4.69) is 10.6 Å². The molecule has 31 heavy (non-hydrogen) atoms. The summed E-state index contributed by atoms with van der Waals surface area (Å²) in [6.45, 7) is 3.75. The molecule has 0 bridgehead atoms. The maximum Gasteiger partial charge on any atom is 0.321 e. The number of halogens is 2. The molecule has 7 nitrogen and oxygen atoms in total. The van der Waals surface area contributed by atoms with Crippen LogP contribution in [0, 0.1) is 5.82 Å². The molecule has 4 amide bonds. The Morgan fingerprint density at radius 2 is 1.74 bits per heavy atom. The quantitative estimate of drug-likeness (QED) is 0.740. The van der Waals surface area contributed by atoms with Gasteiger partial charge < -0.3 is 10.2 Å². The number of imide groups is 1. The van der Waals surface area contributed by atoms with Crippen molar-refractivity contribution in [3.63, 3.8) is 0 Å². The second-order valence-corrected chi connectivity index (χ2v) is 7.52. The molecule has 2 N–H and O–H groups in total. The predicted octanol–water partition coefficient (Wildman–Crippen LogP) is 2.82. The minimum Gasteiger partial charge on any atom is -0.338 e. The zero-order valence-electron chi connectivity index (χ0n) is 17.1. The zero-order valence-corrected chi connectivity index (χ0v) is 17.9. The first-order chi connectivity index (χ1) is 14.9. The molecular formula is C22H24ClFN4O3. The molecule has 1 fully saturated rings. The molecule has 1 aliphatic rings. The summed E-state index contributed by atoms with van der Waals surface area (Å²) in [6.07, 6.45) is 0. The SMILES string of the molecule is CCNC(=O)NC(=O)C(c1ccccc1)N1CCN(C(=O)c2ccc(F)cc2Cl)CC1. The molecule has 1 atom stereocenters. The fraction of sp³-hybridized carbons (Fsp3) is 0.318. The lowest BCUT2D eigenvalue weighted by Gasteiger charge is -2.38. The van der Waals surface area contributed by atoms with E-state index in [0.29, 0.717) is 32.7 Å². The van der Waals surface area contributed by atoms with Crippen molar-refractivity contribution in [2.24, 2.45) is 0 Å². The number of carbonyl (C=O) groups excluding carboxylic acids is 3. The van der Waals surface area contributed by atoms with E-state index < -0.39 is 23.8 Å². The average molecular weight is 447 g/mol. The first-order valence-corrected chi connectivity index (χ1v) is 10.4. The zero-order chi connectivity index (χ0) is 22.4. The average Bonchev–Trinajstić information content (AvgIpc) is 2.75. The van der Waals surface area contributed by atoms with Gasteiger partial charge in [-0.3, -0.25) is 19.8 Å². The summed E-state index contributed by atoms with van der Waals surface area (Å²) < 4.78 is 13.3. The summed E-state index contributed by atoms with van der Waals surface area (Å²) in [5.41, 5.74) is 0.996. The van der Waals surface area contributed by atoms with Gasteiger partial charge in [-0.15, -0.1) is 0 Å². The minimum atomic E-state index is -0.671. The number of benzene rings is 2. The lowest BCUT2D eigenvalue weighted by molar-refractivity contribution is -0.126. The third kappa shape index (κ3) is 5.59. The third-order valence-corrected chi connectivity index (χ3v) is 5.38. The molecule has 1 unspecified atom stereocenters. The van der Waals surface area contributed by atoms with Gasteiger partial charge in [-0.2, -0.15) is 0 Å². The Labute approximate surface area is 185 Å². The Kier molecular flexibility index (Phi) is 7.59. The Bertz CT molecular complexity index is 949. The smallest absolute Gasteiger partial charge is 0.321 e. The number of piperazine rings is 1. The van der Waals surface area contributed by atoms with Gasteiger partial charge in [0.15, 0.2) is 0 Å². The van der Waals surface area contributed by atoms with Crippen molar-refractivity contribution in [3.8, 4) is 0 Å². The Morgan fingerprint density at radius 1 is 1.06 bits per heavy atom. The summed E-state index contributed by atoms with van der Waals surface area (Å²) in [6, 6.07) is 11.6. The molecule has 0 aliphatic carbocycles. The van der Waals surface area contributed by atoms with E-state index in [1.54, 1.807) is 11.8 Å². The minimum absolute atomic E-state index is 0.0657. The molecule has 2 aromatic rings. The second-order valence-electron chi connectivity index (χ2n) is 7.11. The number of hydrogen-bond acceptors (Lipinski definition) is 4. The number of urea groups is 1. The van der Waals surface area contributed by atoms with E-state index in [4.69, 9.17) is 11.6 Å². The Morgan fingerprint density at radius 3 is 2.35 bits per heavy atom. The van der Waals surface area contributed by atoms with Gasteiger partial charge in [0.05, 0.1) is 10.6 Å². The lowest BCUT2D eigenvalue weighted by Crippen LogP contribution is -2.53. The highest BCUT2D eigenvalue weighted by Gasteiger charge is 2.33. The van der Waals surface area contributed by atoms with Crippen LogP contribution in [0.1, 0.15) is 28.9 Å². The molecule has 1 aliphatic heterocycles. The molecule has 0 radical (unpaired) electrons. The number of hydrogen-bond donors (Lipinski definition) is 2. The van der Waals surface area contributed by atoms with Gasteiger partial charge >= 0.3 is 6.03 Å². The molecule has 0 saturated carbocycles. The molecular weight excluding hydrogens is 423 g/mol. The molecule has 2 aromatic carbocycles. The van der Waals surface area contributed by atoms with Crippen molar-refractivity contribution in [3.05, 3.63) is 70.5 Å². The van der Waals surface area contributed by atoms with Crippen LogP contribution in [-0.4, -0.2) is 60.4 Å². The van der Waals surface area contributed by atoms with E-state index in [1.807, 2.05) is 35.2 Å². The van der Waals surface area contributed by atoms with Crippen molar-refractivity contribution in [2.75, 3.05) is 32.7 Å². The molecule has 164 valence electrons. The molecule has 0 aromatic heterocycles. The maximum atomic E-state index is 13.3. The van der Waals surface area contributed by atoms with Crippen LogP contribution in [0.25, 0.3) is 0 Å². The largest absolute Gasteiger partial charge is 0.338 e. The van der Waals surface area contributed by atoms with E-state index in [0.717, 1.165) is 11.6 Å². The monoisotopic (exact) mass is 446 g/mol. The van der Waals surface area contributed by atoms with E-state index in [9.17, 15) is 18.8 Å². The van der Waals surface area contributed by atoms with Gasteiger partial charge in [0, 0.05) is 32.7 Å². The normalized spacial score (nSPS) is 15.3. The van der Waals surface area contributed by atoms with Crippen molar-refractivity contribution in [2.45, 2.75) is 13.0 Å². The van der Waals surface area contributed by atoms with E-state index >= 15 is 0 Å². The van der Waals surface area contributed by atoms with Gasteiger partial charge in [-0.25, -0.2) is 9.18 Å². The van der Waals surface area contributed by atoms with Crippen LogP contribution in [0.3, 0.4) is 0 Å². The number of rotatable bonds is 5. The lowest BCUT2D eigenvalue weighted by atomic mass is 10.0. The highest BCUT2D eigenvalue weighted by molar-refractivity contribution is 6.33. The summed E-state index contributed by atoms with van der Waals surface area (Å²) in [4.78, 5) is 41.1. The summed E-state index contributed by atoms with van der Waals surface area (Å²) >= 11 is 6.03. The van der Waals surface area contributed by atoms with Crippen LogP contribution in [0.2, 0.25) is 5.02 Å². The number of carbonyl (C=O) groups is 3. The first-order valence-electron chi connectivity index (χ1n) is 10.0. The number of amides is 4. The van der Waals surface area contributed by atoms with Crippen molar-refractivity contribution in [1.29, 1.82) is 0 Å². The van der Waals surface area contributed by atoms with Crippen molar-refractivity contribution < 1.29 is 18.8 Å². The topological polar surface area (TPSA) is 81.8 Å². The van der Waals surface area contributed by atoms with Gasteiger partial charge in [0.2, 0.25) is 5.91 Å². The maximum absolute atomic E-state index is 13.3. The van der Waals surface area contributed by atoms with Crippen LogP contribution in [0.5, 0.6) is 0 Å². The highest BCUT2D eigenvalue weighted by atomic mass is 35.5. The van der Waals surface area contributed by atoms with Crippen molar-refractivity contribution >= 4 is 29.4 Å². The Balaban J connectivity index is 1.72. The molecule has 0 spiro atoms. The highest BCUT2D eigenvalue weighted by Crippen LogP contribution is 2.24. The Hall–Kier alpha value is -2.97. The van der Waals surface area contributed by atoms with Crippen LogP contribution in [0.15, 0.2) is 48.5 Å². The standard InChI is InChI=1S/C22H24ClFN4O3/c1-2-25-22(31)26-20(29)19(15-6-4-3-5-7-15)27-10-12-28(13-11-27)21(30)17-9-8-16(24)14-18(17)23/h3-9,14,19H,2,10-13H2,1H3,(H2,25,26,29,31). The van der Waals surface area contributed by atoms with Gasteiger partial charge in [0.1, 0.15) is 11.9 Å². The second kappa shape index (κ2) is 10.4. The van der Waals surface area contributed by atoms with Crippen molar-refractivity contribution in [1.82, 2.24) is 20.4 Å². The van der Waals surface area contributed by atoms with Crippen LogP contribution < -0.4 is 10.6 Å². The van der Waals surface area contributed by atoms with Crippen LogP contribution in [-0.2, 0) is 4.79 Å². The van der Waals surface area contributed by atoms with E-state index in [-0.39, 0.29) is 16.5 Å². The predicted molar refractivity (Wildman–Crippen MR) is 115 cm³/mol. The van der Waals surface area contributed by atoms with Gasteiger partial charge in [0.25, 0.3) is 5.91 Å². The number of nitrogens with zero attached hydrogens (tertiary/aromatic N) is 2. The summed E-state index contributed by atoms with van der Waals surface area (Å²) in [7, 11) is 0. The molecule has 1 heterocycles. The van der Waals surface area contributed by atoms with Gasteiger partial charge in [-0.05, 0) is 30.7 Å². The first kappa shape index (κ1) is 22.7. The fourth-order valence-electron chi connectivity index (χ4n) is 3.56. The van der Waals surface area contributed by atoms with Crippen LogP contribution in [0.4, 0.5) is 9.18 Å². The van der Waals surface area contributed by atoms with Gasteiger partial charge in [-0.1, -0.05) is 41.9 Å². The fourth-order valence-corrected chi connectivity index (χ4v) is 3.81. The summed E-state index contributed by atoms with van der Waals surface area (Å²) in [5.74, 6) is -1.22. The van der Waals surface area contributed by atoms with Crippen LogP contribution >= 0.6 is 11.6 Å².